The molecule has 0 bridgehead atoms. The van der Waals surface area contributed by atoms with Crippen molar-refractivity contribution in [3.8, 4) is 21.8 Å². The number of hydrogen-bond donors (Lipinski definition) is 2. The maximum atomic E-state index is 12.9. The number of aromatic nitrogens is 2. The summed E-state index contributed by atoms with van der Waals surface area (Å²) in [5.74, 6) is 0.392. The van der Waals surface area contributed by atoms with Gasteiger partial charge in [0.25, 0.3) is 5.91 Å². The molecule has 0 spiro atoms. The van der Waals surface area contributed by atoms with Gasteiger partial charge in [-0.25, -0.2) is 9.97 Å². The van der Waals surface area contributed by atoms with E-state index in [0.717, 1.165) is 44.9 Å². The highest BCUT2D eigenvalue weighted by atomic mass is 32.2. The summed E-state index contributed by atoms with van der Waals surface area (Å²) in [6.45, 7) is 6.10. The van der Waals surface area contributed by atoms with Gasteiger partial charge in [0, 0.05) is 29.1 Å². The van der Waals surface area contributed by atoms with Crippen LogP contribution in [0.15, 0.2) is 58.8 Å². The fourth-order valence-electron chi connectivity index (χ4n) is 3.42. The van der Waals surface area contributed by atoms with Crippen molar-refractivity contribution in [1.29, 1.82) is 0 Å². The highest BCUT2D eigenvalue weighted by Crippen LogP contribution is 2.43. The molecule has 1 atom stereocenters. The zero-order chi connectivity index (χ0) is 23.4. The largest absolute Gasteiger partial charge is 0.611 e. The molecule has 3 aromatic heterocycles. The molecule has 170 valence electrons. The fourth-order valence-corrected chi connectivity index (χ4v) is 6.81. The van der Waals surface area contributed by atoms with Crippen LogP contribution in [0.3, 0.4) is 0 Å². The van der Waals surface area contributed by atoms with Gasteiger partial charge in [-0.05, 0) is 46.9 Å². The molecular formula is C24H24N4O2S3. The maximum absolute atomic E-state index is 12.9. The molecule has 0 aliphatic carbocycles. The zero-order valence-corrected chi connectivity index (χ0v) is 20.6. The predicted octanol–water partition coefficient (Wildman–Crippen LogP) is 5.49. The van der Waals surface area contributed by atoms with Gasteiger partial charge in [0.1, 0.15) is 27.0 Å². The number of carbonyl (C=O) groups is 1. The van der Waals surface area contributed by atoms with Crippen LogP contribution in [0.1, 0.15) is 30.1 Å². The average Bonchev–Trinajstić information content (AvgIpc) is 3.49. The van der Waals surface area contributed by atoms with E-state index in [2.05, 4.69) is 23.8 Å². The number of amides is 1. The van der Waals surface area contributed by atoms with Gasteiger partial charge in [0.2, 0.25) is 4.21 Å². The quantitative estimate of drug-likeness (QED) is 0.235. The van der Waals surface area contributed by atoms with Crippen LogP contribution < -0.4 is 11.1 Å². The van der Waals surface area contributed by atoms with Gasteiger partial charge in [-0.2, -0.15) is 0 Å². The number of anilines is 1. The second-order valence-electron chi connectivity index (χ2n) is 7.36. The first kappa shape index (κ1) is 23.4. The molecule has 1 amide bonds. The molecule has 0 saturated heterocycles. The molecule has 9 heteroatoms. The summed E-state index contributed by atoms with van der Waals surface area (Å²) in [6, 6.07) is 9.34. The molecule has 4 rings (SSSR count). The Balaban J connectivity index is 1.88. The number of fused-ring (bicyclic) bond motifs is 1. The normalized spacial score (nSPS) is 12.1. The summed E-state index contributed by atoms with van der Waals surface area (Å²) >= 11 is 1.69. The second-order valence-corrected chi connectivity index (χ2v) is 11.0. The number of nitrogens with one attached hydrogen (secondary N) is 1. The highest BCUT2D eigenvalue weighted by molar-refractivity contribution is 7.93. The van der Waals surface area contributed by atoms with Crippen molar-refractivity contribution >= 4 is 55.7 Å². The average molecular weight is 497 g/mol. The van der Waals surface area contributed by atoms with E-state index in [9.17, 15) is 9.35 Å². The predicted molar refractivity (Wildman–Crippen MR) is 139 cm³/mol. The lowest BCUT2D eigenvalue weighted by Gasteiger charge is -2.10. The number of benzene rings is 1. The van der Waals surface area contributed by atoms with Gasteiger partial charge in [0.05, 0.1) is 0 Å². The Morgan fingerprint density at radius 3 is 2.94 bits per heavy atom. The van der Waals surface area contributed by atoms with Crippen LogP contribution in [0.5, 0.6) is 0 Å². The standard InChI is InChI=1S/C24H24N4O2S3/c1-3-5-12-33(30)24-20(25)19-17(14-18(28-23(19)32-24)22-27-10-11-31-22)15-7-6-8-16(13-15)21(29)26-9-4-2/h4,6-8,10-11,13-14H,2-3,5,9,12,25H2,1H3,(H,26,29). The van der Waals surface area contributed by atoms with Crippen molar-refractivity contribution < 1.29 is 9.35 Å². The summed E-state index contributed by atoms with van der Waals surface area (Å²) < 4.78 is 13.6. The van der Waals surface area contributed by atoms with Crippen molar-refractivity contribution in [3.05, 3.63) is 60.1 Å². The van der Waals surface area contributed by atoms with Crippen LogP contribution in [-0.4, -0.2) is 32.7 Å². The molecule has 0 aliphatic heterocycles. The first-order valence-electron chi connectivity index (χ1n) is 10.5. The molecule has 1 aromatic carbocycles. The smallest absolute Gasteiger partial charge is 0.251 e. The Bertz CT molecular complexity index is 1280. The van der Waals surface area contributed by atoms with Gasteiger partial charge >= 0.3 is 0 Å². The fraction of sp³-hybridized carbons (Fsp3) is 0.208. The molecule has 4 aromatic rings. The van der Waals surface area contributed by atoms with E-state index in [1.165, 1.54) is 22.7 Å². The lowest BCUT2D eigenvalue weighted by Crippen LogP contribution is -2.23. The van der Waals surface area contributed by atoms with E-state index >= 15 is 0 Å². The first-order valence-corrected chi connectivity index (χ1v) is 13.6. The van der Waals surface area contributed by atoms with Crippen molar-refractivity contribution in [1.82, 2.24) is 15.3 Å². The van der Waals surface area contributed by atoms with Crippen molar-refractivity contribution in [2.24, 2.45) is 0 Å². The summed E-state index contributed by atoms with van der Waals surface area (Å²) in [5.41, 5.74) is 9.99. The van der Waals surface area contributed by atoms with Crippen molar-refractivity contribution in [2.45, 2.75) is 24.0 Å². The Hall–Kier alpha value is -2.72. The Kier molecular flexibility index (Phi) is 7.44. The number of rotatable bonds is 9. The number of pyridine rings is 1. The zero-order valence-electron chi connectivity index (χ0n) is 18.2. The SMILES string of the molecule is C=CCNC(=O)c1cccc(-c2cc(-c3nccs3)nc3sc([S+]([O-])CCCC)c(N)c23)c1. The second kappa shape index (κ2) is 10.5. The Labute approximate surface area is 203 Å². The number of carbonyl (C=O) groups excluding carboxylic acids is 1. The lowest BCUT2D eigenvalue weighted by molar-refractivity contribution is 0.0958. The Morgan fingerprint density at radius 2 is 2.21 bits per heavy atom. The number of thiophene rings is 1. The highest BCUT2D eigenvalue weighted by Gasteiger charge is 2.25. The van der Waals surface area contributed by atoms with E-state index in [1.807, 2.05) is 29.6 Å². The van der Waals surface area contributed by atoms with Crippen LogP contribution in [0, 0.1) is 0 Å². The van der Waals surface area contributed by atoms with Gasteiger partial charge in [0.15, 0.2) is 0 Å². The molecule has 0 aliphatic rings. The molecule has 1 unspecified atom stereocenters. The summed E-state index contributed by atoms with van der Waals surface area (Å²) in [6.07, 6.45) is 5.21. The van der Waals surface area contributed by atoms with E-state index in [4.69, 9.17) is 10.7 Å². The van der Waals surface area contributed by atoms with Crippen LogP contribution in [0.4, 0.5) is 5.69 Å². The molecule has 3 N–H and O–H groups in total. The van der Waals surface area contributed by atoms with Crippen LogP contribution in [0.2, 0.25) is 0 Å². The third-order valence-corrected chi connectivity index (χ3v) is 8.84. The third-order valence-electron chi connectivity index (χ3n) is 5.05. The molecular weight excluding hydrogens is 472 g/mol. The molecule has 0 saturated carbocycles. The number of thiazole rings is 1. The molecule has 3 heterocycles. The van der Waals surface area contributed by atoms with Gasteiger partial charge in [-0.3, -0.25) is 4.79 Å². The maximum Gasteiger partial charge on any atom is 0.251 e. The Morgan fingerprint density at radius 1 is 1.36 bits per heavy atom. The van der Waals surface area contributed by atoms with Crippen LogP contribution in [0.25, 0.3) is 32.0 Å². The van der Waals surface area contributed by atoms with Crippen molar-refractivity contribution in [2.75, 3.05) is 18.0 Å². The minimum atomic E-state index is -1.18. The summed E-state index contributed by atoms with van der Waals surface area (Å²) in [7, 11) is 0. The van der Waals surface area contributed by atoms with Crippen LogP contribution in [-0.2, 0) is 11.2 Å². The lowest BCUT2D eigenvalue weighted by atomic mass is 9.99. The number of unbranched alkanes of at least 4 members (excludes halogenated alkanes) is 1. The monoisotopic (exact) mass is 496 g/mol. The van der Waals surface area contributed by atoms with E-state index in [-0.39, 0.29) is 5.91 Å². The van der Waals surface area contributed by atoms with Gasteiger partial charge < -0.3 is 15.6 Å². The van der Waals surface area contributed by atoms with E-state index in [0.29, 0.717) is 27.8 Å². The number of nitrogen functional groups attached to an aromatic ring is 1. The van der Waals surface area contributed by atoms with Crippen molar-refractivity contribution in [3.63, 3.8) is 0 Å². The molecule has 33 heavy (non-hydrogen) atoms. The van der Waals surface area contributed by atoms with E-state index < -0.39 is 11.2 Å². The summed E-state index contributed by atoms with van der Waals surface area (Å²) in [5, 5.41) is 6.27. The number of hydrogen-bond acceptors (Lipinski definition) is 7. The topological polar surface area (TPSA) is 104 Å². The molecule has 6 nitrogen and oxygen atoms in total. The number of nitrogens with zero attached hydrogens (tertiary/aromatic N) is 2. The minimum Gasteiger partial charge on any atom is -0.611 e. The van der Waals surface area contributed by atoms with Crippen LogP contribution >= 0.6 is 22.7 Å². The molecule has 0 radical (unpaired) electrons. The summed E-state index contributed by atoms with van der Waals surface area (Å²) in [4.78, 5) is 22.5. The van der Waals surface area contributed by atoms with Gasteiger partial charge in [-0.1, -0.05) is 42.9 Å². The molecule has 0 fully saturated rings. The van der Waals surface area contributed by atoms with Gasteiger partial charge in [-0.15, -0.1) is 17.9 Å². The minimum absolute atomic E-state index is 0.179. The first-order chi connectivity index (χ1) is 16.0. The third kappa shape index (κ3) is 4.96. The van der Waals surface area contributed by atoms with E-state index in [1.54, 1.807) is 18.3 Å². The number of nitrogens with two attached hydrogens (primary N) is 1.